The van der Waals surface area contributed by atoms with Gasteiger partial charge in [-0.05, 0) is 31.5 Å². The quantitative estimate of drug-likeness (QED) is 0.527. The first-order valence-electron chi connectivity index (χ1n) is 7.25. The molecule has 1 aliphatic heterocycles. The smallest absolute Gasteiger partial charge is 0.325 e. The van der Waals surface area contributed by atoms with Gasteiger partial charge in [0.25, 0.3) is 11.6 Å². The molecule has 1 aromatic heterocycles. The lowest BCUT2D eigenvalue weighted by Crippen LogP contribution is -2.40. The molecule has 1 N–H and O–H groups in total. The van der Waals surface area contributed by atoms with Crippen LogP contribution in [0.25, 0.3) is 0 Å². The first-order chi connectivity index (χ1) is 11.3. The van der Waals surface area contributed by atoms with Crippen LogP contribution in [0.4, 0.5) is 10.5 Å². The number of nitro benzene ring substituents is 1. The summed E-state index contributed by atoms with van der Waals surface area (Å²) in [5.74, 6) is 0.576. The number of non-ortho nitro benzene ring substituents is 1. The topological polar surface area (TPSA) is 106 Å². The summed E-state index contributed by atoms with van der Waals surface area (Å²) in [6.45, 7) is 3.36. The van der Waals surface area contributed by atoms with Crippen LogP contribution in [0.3, 0.4) is 0 Å². The minimum Gasteiger partial charge on any atom is -0.463 e. The largest absolute Gasteiger partial charge is 0.463 e. The molecular formula is C16H15N3O5. The summed E-state index contributed by atoms with van der Waals surface area (Å²) in [6.07, 6.45) is 0. The average molecular weight is 329 g/mol. The molecule has 2 aromatic rings. The van der Waals surface area contributed by atoms with Crippen LogP contribution in [0.1, 0.15) is 24.0 Å². The predicted octanol–water partition coefficient (Wildman–Crippen LogP) is 2.46. The molecule has 124 valence electrons. The fourth-order valence-electron chi connectivity index (χ4n) is 2.62. The van der Waals surface area contributed by atoms with E-state index >= 15 is 0 Å². The lowest BCUT2D eigenvalue weighted by atomic mass is 9.99. The van der Waals surface area contributed by atoms with Crippen LogP contribution in [0.5, 0.6) is 0 Å². The van der Waals surface area contributed by atoms with E-state index in [0.717, 1.165) is 4.90 Å². The maximum absolute atomic E-state index is 12.7. The second kappa shape index (κ2) is 5.48. The molecule has 0 spiro atoms. The predicted molar refractivity (Wildman–Crippen MR) is 83.0 cm³/mol. The van der Waals surface area contributed by atoms with E-state index in [1.807, 2.05) is 0 Å². The molecule has 3 rings (SSSR count). The van der Waals surface area contributed by atoms with E-state index in [-0.39, 0.29) is 12.2 Å². The SMILES string of the molecule is Cc1ccc(C2(C)NC(=O)N(Cc3ccc([N+](=O)[O-])cc3)C2=O)o1. The van der Waals surface area contributed by atoms with Crippen molar-refractivity contribution >= 4 is 17.6 Å². The highest BCUT2D eigenvalue weighted by Gasteiger charge is 2.51. The van der Waals surface area contributed by atoms with Crippen molar-refractivity contribution in [2.45, 2.75) is 25.9 Å². The number of urea groups is 1. The number of carbonyl (C=O) groups excluding carboxylic acids is 2. The molecule has 0 saturated carbocycles. The van der Waals surface area contributed by atoms with E-state index in [1.54, 1.807) is 26.0 Å². The van der Waals surface area contributed by atoms with E-state index < -0.39 is 22.4 Å². The zero-order valence-corrected chi connectivity index (χ0v) is 13.1. The van der Waals surface area contributed by atoms with Crippen molar-refractivity contribution in [1.82, 2.24) is 10.2 Å². The minimum absolute atomic E-state index is 0.0257. The van der Waals surface area contributed by atoms with Crippen molar-refractivity contribution in [3.8, 4) is 0 Å². The lowest BCUT2D eigenvalue weighted by molar-refractivity contribution is -0.384. The van der Waals surface area contributed by atoms with E-state index in [4.69, 9.17) is 4.42 Å². The number of amides is 3. The average Bonchev–Trinajstić information content (AvgIpc) is 3.06. The number of nitro groups is 1. The Labute approximate surface area is 137 Å². The van der Waals surface area contributed by atoms with Gasteiger partial charge in [0.15, 0.2) is 5.54 Å². The van der Waals surface area contributed by atoms with Crippen molar-refractivity contribution < 1.29 is 18.9 Å². The highest BCUT2D eigenvalue weighted by molar-refractivity contribution is 6.06. The fourth-order valence-corrected chi connectivity index (χ4v) is 2.62. The normalized spacial score (nSPS) is 20.3. The van der Waals surface area contributed by atoms with Gasteiger partial charge >= 0.3 is 6.03 Å². The molecule has 1 aliphatic rings. The Balaban J connectivity index is 1.83. The van der Waals surface area contributed by atoms with Crippen LogP contribution in [-0.2, 0) is 16.9 Å². The minimum atomic E-state index is -1.26. The zero-order chi connectivity index (χ0) is 17.5. The first-order valence-corrected chi connectivity index (χ1v) is 7.25. The fraction of sp³-hybridized carbons (Fsp3) is 0.250. The third-order valence-electron chi connectivity index (χ3n) is 4.00. The second-order valence-electron chi connectivity index (χ2n) is 5.78. The van der Waals surface area contributed by atoms with Crippen molar-refractivity contribution in [3.63, 3.8) is 0 Å². The van der Waals surface area contributed by atoms with Crippen LogP contribution in [0.15, 0.2) is 40.8 Å². The number of imide groups is 1. The Morgan fingerprint density at radius 1 is 1.21 bits per heavy atom. The highest BCUT2D eigenvalue weighted by Crippen LogP contribution is 2.31. The summed E-state index contributed by atoms with van der Waals surface area (Å²) < 4.78 is 5.49. The molecule has 1 unspecified atom stereocenters. The van der Waals surface area contributed by atoms with Gasteiger partial charge in [-0.1, -0.05) is 12.1 Å². The first kappa shape index (κ1) is 15.7. The van der Waals surface area contributed by atoms with Gasteiger partial charge in [0.05, 0.1) is 11.5 Å². The molecule has 1 fully saturated rings. The van der Waals surface area contributed by atoms with E-state index in [0.29, 0.717) is 17.1 Å². The third kappa shape index (κ3) is 2.51. The van der Waals surface area contributed by atoms with Crippen molar-refractivity contribution in [3.05, 3.63) is 63.6 Å². The van der Waals surface area contributed by atoms with Gasteiger partial charge in [-0.15, -0.1) is 0 Å². The van der Waals surface area contributed by atoms with Crippen molar-refractivity contribution in [1.29, 1.82) is 0 Å². The van der Waals surface area contributed by atoms with Gasteiger partial charge < -0.3 is 9.73 Å². The summed E-state index contributed by atoms with van der Waals surface area (Å²) in [5.41, 5.74) is -0.692. The third-order valence-corrected chi connectivity index (χ3v) is 4.00. The van der Waals surface area contributed by atoms with Crippen LogP contribution in [-0.4, -0.2) is 21.8 Å². The number of nitrogens with one attached hydrogen (secondary N) is 1. The molecule has 0 bridgehead atoms. The number of hydrogen-bond donors (Lipinski definition) is 1. The zero-order valence-electron chi connectivity index (χ0n) is 13.1. The number of furan rings is 1. The summed E-state index contributed by atoms with van der Waals surface area (Å²) in [5, 5.41) is 13.3. The number of carbonyl (C=O) groups is 2. The molecule has 0 aliphatic carbocycles. The van der Waals surface area contributed by atoms with Gasteiger partial charge in [-0.25, -0.2) is 4.79 Å². The molecule has 0 radical (unpaired) electrons. The van der Waals surface area contributed by atoms with Gasteiger partial charge in [0.1, 0.15) is 11.5 Å². The summed E-state index contributed by atoms with van der Waals surface area (Å²) >= 11 is 0. The van der Waals surface area contributed by atoms with Gasteiger partial charge in [-0.2, -0.15) is 0 Å². The van der Waals surface area contributed by atoms with Gasteiger partial charge in [0.2, 0.25) is 0 Å². The maximum atomic E-state index is 12.7. The summed E-state index contributed by atoms with van der Waals surface area (Å²) in [4.78, 5) is 36.1. The molecule has 8 heteroatoms. The Bertz CT molecular complexity index is 826. The van der Waals surface area contributed by atoms with Gasteiger partial charge in [-0.3, -0.25) is 19.8 Å². The van der Waals surface area contributed by atoms with Crippen LogP contribution >= 0.6 is 0 Å². The number of aryl methyl sites for hydroxylation is 1. The van der Waals surface area contributed by atoms with E-state index in [1.165, 1.54) is 24.3 Å². The molecule has 24 heavy (non-hydrogen) atoms. The monoisotopic (exact) mass is 329 g/mol. The molecule has 1 atom stereocenters. The number of hydrogen-bond acceptors (Lipinski definition) is 5. The number of nitrogens with zero attached hydrogens (tertiary/aromatic N) is 2. The summed E-state index contributed by atoms with van der Waals surface area (Å²) in [7, 11) is 0. The van der Waals surface area contributed by atoms with E-state index in [2.05, 4.69) is 5.32 Å². The van der Waals surface area contributed by atoms with Crippen LogP contribution in [0, 0.1) is 17.0 Å². The van der Waals surface area contributed by atoms with E-state index in [9.17, 15) is 19.7 Å². The molecule has 3 amide bonds. The van der Waals surface area contributed by atoms with Crippen LogP contribution in [0.2, 0.25) is 0 Å². The Morgan fingerprint density at radius 3 is 2.42 bits per heavy atom. The number of rotatable bonds is 4. The van der Waals surface area contributed by atoms with Crippen LogP contribution < -0.4 is 5.32 Å². The number of benzene rings is 1. The Morgan fingerprint density at radius 2 is 1.88 bits per heavy atom. The molecular weight excluding hydrogens is 314 g/mol. The molecule has 2 heterocycles. The Hall–Kier alpha value is -3.16. The van der Waals surface area contributed by atoms with Gasteiger partial charge in [0, 0.05) is 12.1 Å². The highest BCUT2D eigenvalue weighted by atomic mass is 16.6. The van der Waals surface area contributed by atoms with Crippen molar-refractivity contribution in [2.24, 2.45) is 0 Å². The van der Waals surface area contributed by atoms with Crippen molar-refractivity contribution in [2.75, 3.05) is 0 Å². The maximum Gasteiger partial charge on any atom is 0.325 e. The Kier molecular flexibility index (Phi) is 3.59. The molecule has 1 aromatic carbocycles. The second-order valence-corrected chi connectivity index (χ2v) is 5.78. The standard InChI is InChI=1S/C16H15N3O5/c1-10-3-8-13(24-10)16(2)14(20)18(15(21)17-16)9-11-4-6-12(7-5-11)19(22)23/h3-8H,9H2,1-2H3,(H,17,21). The summed E-state index contributed by atoms with van der Waals surface area (Å²) in [6, 6.07) is 8.56. The lowest BCUT2D eigenvalue weighted by Gasteiger charge is -2.19. The molecule has 8 nitrogen and oxygen atoms in total. The molecule has 1 saturated heterocycles.